The first-order valence-electron chi connectivity index (χ1n) is 4.13. The molecule has 0 heterocycles. The highest BCUT2D eigenvalue weighted by molar-refractivity contribution is 6.33. The van der Waals surface area contributed by atoms with Gasteiger partial charge in [-0.05, 0) is 30.4 Å². The van der Waals surface area contributed by atoms with E-state index < -0.39 is 0 Å². The van der Waals surface area contributed by atoms with Crippen LogP contribution < -0.4 is 5.73 Å². The summed E-state index contributed by atoms with van der Waals surface area (Å²) in [6.45, 7) is 0. The Morgan fingerprint density at radius 2 is 1.69 bits per heavy atom. The maximum atomic E-state index is 9.39. The van der Waals surface area contributed by atoms with Gasteiger partial charge >= 0.3 is 0 Å². The quantitative estimate of drug-likeness (QED) is 0.441. The van der Waals surface area contributed by atoms with Crippen molar-refractivity contribution in [1.82, 2.24) is 0 Å². The minimum atomic E-state index is -0.292. The number of anilines is 1. The van der Waals surface area contributed by atoms with E-state index in [0.29, 0.717) is 0 Å². The molecule has 0 unspecified atom stereocenters. The Bertz CT molecular complexity index is 342. The molecule has 0 saturated carbocycles. The SMILES string of the molecule is Nc1c(O)c(O)c(Cl)c2c1CCC2. The molecule has 1 aliphatic carbocycles. The molecular weight excluding hydrogens is 190 g/mol. The van der Waals surface area contributed by atoms with Crippen molar-refractivity contribution in [1.29, 1.82) is 0 Å². The second kappa shape index (κ2) is 2.70. The molecule has 0 bridgehead atoms. The molecule has 0 aliphatic heterocycles. The smallest absolute Gasteiger partial charge is 0.182 e. The van der Waals surface area contributed by atoms with E-state index >= 15 is 0 Å². The normalized spacial score (nSPS) is 14.5. The molecule has 0 amide bonds. The van der Waals surface area contributed by atoms with Crippen LogP contribution in [0.2, 0.25) is 5.02 Å². The van der Waals surface area contributed by atoms with E-state index in [9.17, 15) is 10.2 Å². The first-order chi connectivity index (χ1) is 6.13. The summed E-state index contributed by atoms with van der Waals surface area (Å²) in [5, 5.41) is 19.0. The molecule has 4 N–H and O–H groups in total. The van der Waals surface area contributed by atoms with E-state index in [-0.39, 0.29) is 22.2 Å². The zero-order valence-electron chi connectivity index (χ0n) is 6.97. The topological polar surface area (TPSA) is 66.5 Å². The van der Waals surface area contributed by atoms with Crippen molar-refractivity contribution in [2.24, 2.45) is 0 Å². The van der Waals surface area contributed by atoms with Crippen LogP contribution in [0.25, 0.3) is 0 Å². The molecule has 0 radical (unpaired) electrons. The van der Waals surface area contributed by atoms with Crippen LogP contribution in [0, 0.1) is 0 Å². The molecular formula is C9H10ClNO2. The van der Waals surface area contributed by atoms with Gasteiger partial charge in [-0.1, -0.05) is 11.6 Å². The lowest BCUT2D eigenvalue weighted by atomic mass is 10.1. The number of benzene rings is 1. The minimum Gasteiger partial charge on any atom is -0.503 e. The summed E-state index contributed by atoms with van der Waals surface area (Å²) in [5.74, 6) is -0.578. The van der Waals surface area contributed by atoms with Crippen LogP contribution >= 0.6 is 11.6 Å². The second-order valence-electron chi connectivity index (χ2n) is 3.24. The van der Waals surface area contributed by atoms with E-state index in [4.69, 9.17) is 17.3 Å². The van der Waals surface area contributed by atoms with Gasteiger partial charge in [0.1, 0.15) is 0 Å². The fourth-order valence-corrected chi connectivity index (χ4v) is 2.10. The van der Waals surface area contributed by atoms with Crippen molar-refractivity contribution in [2.75, 3.05) is 5.73 Å². The van der Waals surface area contributed by atoms with Gasteiger partial charge in [0.05, 0.1) is 10.7 Å². The lowest BCUT2D eigenvalue weighted by Crippen LogP contribution is -1.95. The first kappa shape index (κ1) is 8.51. The molecule has 0 saturated heterocycles. The van der Waals surface area contributed by atoms with Crippen molar-refractivity contribution in [3.8, 4) is 11.5 Å². The van der Waals surface area contributed by atoms with Crippen LogP contribution in [0.15, 0.2) is 0 Å². The lowest BCUT2D eigenvalue weighted by Gasteiger charge is -2.10. The van der Waals surface area contributed by atoms with E-state index in [2.05, 4.69) is 0 Å². The highest BCUT2D eigenvalue weighted by Gasteiger charge is 2.23. The zero-order chi connectivity index (χ0) is 9.59. The van der Waals surface area contributed by atoms with Crippen LogP contribution in [-0.4, -0.2) is 10.2 Å². The summed E-state index contributed by atoms with van der Waals surface area (Å²) in [7, 11) is 0. The number of nitrogen functional groups attached to an aromatic ring is 1. The summed E-state index contributed by atoms with van der Waals surface area (Å²) >= 11 is 5.85. The third-order valence-electron chi connectivity index (χ3n) is 2.50. The largest absolute Gasteiger partial charge is 0.503 e. The van der Waals surface area contributed by atoms with Gasteiger partial charge < -0.3 is 15.9 Å². The predicted octanol–water partition coefficient (Wildman–Crippen LogP) is 1.82. The third-order valence-corrected chi connectivity index (χ3v) is 2.90. The summed E-state index contributed by atoms with van der Waals surface area (Å²) in [6.07, 6.45) is 2.63. The second-order valence-corrected chi connectivity index (χ2v) is 3.61. The standard InChI is InChI=1S/C9H10ClNO2/c10-6-4-2-1-3-5(4)7(11)9(13)8(6)12/h12-13H,1-3,11H2. The fourth-order valence-electron chi connectivity index (χ4n) is 1.80. The molecule has 13 heavy (non-hydrogen) atoms. The molecule has 1 aliphatic rings. The number of rotatable bonds is 0. The number of phenols is 2. The summed E-state index contributed by atoms with van der Waals surface area (Å²) in [5.41, 5.74) is 7.68. The average molecular weight is 200 g/mol. The van der Waals surface area contributed by atoms with Gasteiger partial charge in [-0.25, -0.2) is 0 Å². The summed E-state index contributed by atoms with van der Waals surface area (Å²) < 4.78 is 0. The predicted molar refractivity (Wildman–Crippen MR) is 51.2 cm³/mol. The van der Waals surface area contributed by atoms with Crippen molar-refractivity contribution in [2.45, 2.75) is 19.3 Å². The molecule has 0 aromatic heterocycles. The van der Waals surface area contributed by atoms with Crippen LogP contribution in [0.1, 0.15) is 17.5 Å². The van der Waals surface area contributed by atoms with Crippen LogP contribution in [0.4, 0.5) is 5.69 Å². The van der Waals surface area contributed by atoms with E-state index in [0.717, 1.165) is 30.4 Å². The Labute approximate surface area is 80.8 Å². The van der Waals surface area contributed by atoms with Crippen molar-refractivity contribution in [3.63, 3.8) is 0 Å². The molecule has 1 aromatic rings. The van der Waals surface area contributed by atoms with Gasteiger partial charge in [-0.15, -0.1) is 0 Å². The summed E-state index contributed by atoms with van der Waals surface area (Å²) in [4.78, 5) is 0. The van der Waals surface area contributed by atoms with E-state index in [1.807, 2.05) is 0 Å². The Morgan fingerprint density at radius 3 is 2.38 bits per heavy atom. The average Bonchev–Trinajstić information content (AvgIpc) is 2.59. The molecule has 0 fully saturated rings. The number of aromatic hydroxyl groups is 2. The molecule has 0 atom stereocenters. The molecule has 0 spiro atoms. The third kappa shape index (κ3) is 1.04. The van der Waals surface area contributed by atoms with Crippen molar-refractivity contribution >= 4 is 17.3 Å². The highest BCUT2D eigenvalue weighted by atomic mass is 35.5. The van der Waals surface area contributed by atoms with Gasteiger partial charge in [0.15, 0.2) is 11.5 Å². The molecule has 4 heteroatoms. The van der Waals surface area contributed by atoms with Gasteiger partial charge in [-0.3, -0.25) is 0 Å². The molecule has 70 valence electrons. The number of fused-ring (bicyclic) bond motifs is 1. The Balaban J connectivity index is 2.77. The van der Waals surface area contributed by atoms with Crippen LogP contribution in [-0.2, 0) is 12.8 Å². The number of phenolic OH excluding ortho intramolecular Hbond substituents is 2. The highest BCUT2D eigenvalue weighted by Crippen LogP contribution is 2.46. The van der Waals surface area contributed by atoms with Crippen LogP contribution in [0.5, 0.6) is 11.5 Å². The maximum Gasteiger partial charge on any atom is 0.182 e. The van der Waals surface area contributed by atoms with Crippen LogP contribution in [0.3, 0.4) is 0 Å². The number of hydrogen-bond acceptors (Lipinski definition) is 3. The molecule has 2 rings (SSSR count). The van der Waals surface area contributed by atoms with Gasteiger partial charge in [0.25, 0.3) is 0 Å². The monoisotopic (exact) mass is 199 g/mol. The molecule has 1 aromatic carbocycles. The number of halogens is 1. The minimum absolute atomic E-state index is 0.249. The van der Waals surface area contributed by atoms with Crippen molar-refractivity contribution < 1.29 is 10.2 Å². The number of nitrogens with two attached hydrogens (primary N) is 1. The first-order valence-corrected chi connectivity index (χ1v) is 4.51. The number of hydrogen-bond donors (Lipinski definition) is 3. The van der Waals surface area contributed by atoms with E-state index in [1.54, 1.807) is 0 Å². The fraction of sp³-hybridized carbons (Fsp3) is 0.333. The van der Waals surface area contributed by atoms with Gasteiger partial charge in [0, 0.05) is 0 Å². The Morgan fingerprint density at radius 1 is 1.08 bits per heavy atom. The summed E-state index contributed by atoms with van der Waals surface area (Å²) in [6, 6.07) is 0. The van der Waals surface area contributed by atoms with Gasteiger partial charge in [-0.2, -0.15) is 0 Å². The van der Waals surface area contributed by atoms with Crippen molar-refractivity contribution in [3.05, 3.63) is 16.1 Å². The Kier molecular flexibility index (Phi) is 1.77. The maximum absolute atomic E-state index is 9.39. The zero-order valence-corrected chi connectivity index (χ0v) is 7.73. The van der Waals surface area contributed by atoms with Gasteiger partial charge in [0.2, 0.25) is 0 Å². The lowest BCUT2D eigenvalue weighted by molar-refractivity contribution is 0.405. The Hall–Kier alpha value is -1.09. The van der Waals surface area contributed by atoms with E-state index in [1.165, 1.54) is 0 Å². The molecule has 3 nitrogen and oxygen atoms in total.